The highest BCUT2D eigenvalue weighted by molar-refractivity contribution is 6.14. The van der Waals surface area contributed by atoms with E-state index in [4.69, 9.17) is 4.74 Å². The third-order valence-electron chi connectivity index (χ3n) is 4.14. The SMILES string of the molecule is CCCN1C(=O)N/C(=C/c2ccccc2OCc2ccc(C)cc2)C1=O. The van der Waals surface area contributed by atoms with E-state index in [1.54, 1.807) is 6.08 Å². The number of hydrogen-bond donors (Lipinski definition) is 1. The molecule has 0 saturated carbocycles. The van der Waals surface area contributed by atoms with Crippen LogP contribution in [-0.2, 0) is 11.4 Å². The minimum Gasteiger partial charge on any atom is -0.488 e. The normalized spacial score (nSPS) is 15.5. The second-order valence-electron chi connectivity index (χ2n) is 6.26. The molecule has 1 aliphatic rings. The second-order valence-corrected chi connectivity index (χ2v) is 6.26. The van der Waals surface area contributed by atoms with Crippen LogP contribution in [0.3, 0.4) is 0 Å². The summed E-state index contributed by atoms with van der Waals surface area (Å²) < 4.78 is 5.93. The third-order valence-corrected chi connectivity index (χ3v) is 4.14. The molecule has 5 nitrogen and oxygen atoms in total. The Kier molecular flexibility index (Phi) is 5.37. The van der Waals surface area contributed by atoms with Gasteiger partial charge in [-0.25, -0.2) is 4.79 Å². The predicted octanol–water partition coefficient (Wildman–Crippen LogP) is 3.88. The van der Waals surface area contributed by atoms with Gasteiger partial charge in [0.05, 0.1) is 0 Å². The maximum Gasteiger partial charge on any atom is 0.329 e. The minimum atomic E-state index is -0.374. The first-order chi connectivity index (χ1) is 12.6. The molecule has 0 radical (unpaired) electrons. The van der Waals surface area contributed by atoms with Crippen LogP contribution in [0.5, 0.6) is 5.75 Å². The molecule has 2 aromatic carbocycles. The summed E-state index contributed by atoms with van der Waals surface area (Å²) in [6.07, 6.45) is 2.39. The van der Waals surface area contributed by atoms with Gasteiger partial charge in [-0.3, -0.25) is 9.69 Å². The maximum absolute atomic E-state index is 12.4. The average molecular weight is 350 g/mol. The van der Waals surface area contributed by atoms with Gasteiger partial charge in [0.15, 0.2) is 0 Å². The van der Waals surface area contributed by atoms with E-state index >= 15 is 0 Å². The summed E-state index contributed by atoms with van der Waals surface area (Å²) in [6.45, 7) is 4.81. The predicted molar refractivity (Wildman–Crippen MR) is 100 cm³/mol. The minimum absolute atomic E-state index is 0.273. The highest BCUT2D eigenvalue weighted by Gasteiger charge is 2.32. The van der Waals surface area contributed by atoms with E-state index in [9.17, 15) is 9.59 Å². The molecule has 0 aromatic heterocycles. The van der Waals surface area contributed by atoms with Gasteiger partial charge in [-0.15, -0.1) is 0 Å². The van der Waals surface area contributed by atoms with Crippen LogP contribution in [0.15, 0.2) is 54.2 Å². The summed E-state index contributed by atoms with van der Waals surface area (Å²) in [6, 6.07) is 15.2. The van der Waals surface area contributed by atoms with E-state index in [0.29, 0.717) is 18.9 Å². The molecule has 0 spiro atoms. The number of benzene rings is 2. The van der Waals surface area contributed by atoms with E-state index in [0.717, 1.165) is 17.5 Å². The molecule has 26 heavy (non-hydrogen) atoms. The van der Waals surface area contributed by atoms with E-state index in [1.165, 1.54) is 10.5 Å². The monoisotopic (exact) mass is 350 g/mol. The molecule has 1 fully saturated rings. The highest BCUT2D eigenvalue weighted by atomic mass is 16.5. The number of ether oxygens (including phenoxy) is 1. The van der Waals surface area contributed by atoms with Crippen molar-refractivity contribution < 1.29 is 14.3 Å². The number of amides is 3. The van der Waals surface area contributed by atoms with Crippen molar-refractivity contribution in [3.05, 3.63) is 70.9 Å². The molecule has 0 unspecified atom stereocenters. The summed E-state index contributed by atoms with van der Waals surface area (Å²) in [4.78, 5) is 25.5. The van der Waals surface area contributed by atoms with E-state index < -0.39 is 0 Å². The van der Waals surface area contributed by atoms with Crippen LogP contribution in [0.1, 0.15) is 30.0 Å². The lowest BCUT2D eigenvalue weighted by Crippen LogP contribution is -2.31. The van der Waals surface area contributed by atoms with Crippen molar-refractivity contribution in [1.82, 2.24) is 10.2 Å². The highest BCUT2D eigenvalue weighted by Crippen LogP contribution is 2.23. The first-order valence-corrected chi connectivity index (χ1v) is 8.70. The molecule has 0 bridgehead atoms. The summed E-state index contributed by atoms with van der Waals surface area (Å²) in [5.74, 6) is 0.363. The maximum atomic E-state index is 12.4. The number of urea groups is 1. The Morgan fingerprint density at radius 2 is 1.81 bits per heavy atom. The quantitative estimate of drug-likeness (QED) is 0.635. The van der Waals surface area contributed by atoms with Crippen molar-refractivity contribution in [2.45, 2.75) is 26.9 Å². The van der Waals surface area contributed by atoms with E-state index in [2.05, 4.69) is 5.32 Å². The molecule has 0 aliphatic carbocycles. The number of aryl methyl sites for hydroxylation is 1. The Labute approximate surface area is 153 Å². The average Bonchev–Trinajstić information content (AvgIpc) is 2.90. The summed E-state index contributed by atoms with van der Waals surface area (Å²) >= 11 is 0. The lowest BCUT2D eigenvalue weighted by Gasteiger charge is -2.10. The first kappa shape index (κ1) is 17.7. The Bertz CT molecular complexity index is 841. The van der Waals surface area contributed by atoms with Gasteiger partial charge in [0.2, 0.25) is 0 Å². The molecule has 1 saturated heterocycles. The van der Waals surface area contributed by atoms with Gasteiger partial charge in [-0.05, 0) is 31.1 Å². The Balaban J connectivity index is 1.78. The smallest absolute Gasteiger partial charge is 0.329 e. The number of hydrogen-bond acceptors (Lipinski definition) is 3. The Morgan fingerprint density at radius 1 is 1.08 bits per heavy atom. The lowest BCUT2D eigenvalue weighted by molar-refractivity contribution is -0.122. The van der Waals surface area contributed by atoms with Gasteiger partial charge in [0, 0.05) is 12.1 Å². The van der Waals surface area contributed by atoms with Crippen LogP contribution in [0.4, 0.5) is 4.79 Å². The number of imide groups is 1. The van der Waals surface area contributed by atoms with Gasteiger partial charge in [-0.1, -0.05) is 55.0 Å². The van der Waals surface area contributed by atoms with Gasteiger partial charge >= 0.3 is 6.03 Å². The van der Waals surface area contributed by atoms with Crippen LogP contribution >= 0.6 is 0 Å². The molecule has 3 amide bonds. The van der Waals surface area contributed by atoms with Gasteiger partial charge in [-0.2, -0.15) is 0 Å². The lowest BCUT2D eigenvalue weighted by atomic mass is 10.1. The van der Waals surface area contributed by atoms with Crippen molar-refractivity contribution in [3.63, 3.8) is 0 Å². The van der Waals surface area contributed by atoms with Crippen molar-refractivity contribution in [2.75, 3.05) is 6.54 Å². The standard InChI is InChI=1S/C21H22N2O3/c1-3-12-23-20(24)18(22-21(23)25)13-17-6-4-5-7-19(17)26-14-16-10-8-15(2)9-11-16/h4-11,13H,3,12,14H2,1-2H3,(H,22,25)/b18-13+. The third kappa shape index (κ3) is 3.94. The molecule has 2 aromatic rings. The fraction of sp³-hybridized carbons (Fsp3) is 0.238. The zero-order valence-corrected chi connectivity index (χ0v) is 15.0. The van der Waals surface area contributed by atoms with Gasteiger partial charge in [0.25, 0.3) is 5.91 Å². The van der Waals surface area contributed by atoms with Gasteiger partial charge < -0.3 is 10.1 Å². The zero-order chi connectivity index (χ0) is 18.5. The molecule has 1 aliphatic heterocycles. The number of nitrogens with one attached hydrogen (secondary N) is 1. The number of para-hydroxylation sites is 1. The topological polar surface area (TPSA) is 58.6 Å². The molecular formula is C21H22N2O3. The van der Waals surface area contributed by atoms with Crippen LogP contribution in [0, 0.1) is 6.92 Å². The molecule has 1 N–H and O–H groups in total. The van der Waals surface area contributed by atoms with E-state index in [-0.39, 0.29) is 17.6 Å². The van der Waals surface area contributed by atoms with Gasteiger partial charge in [0.1, 0.15) is 18.1 Å². The molecular weight excluding hydrogens is 328 g/mol. The molecule has 0 atom stereocenters. The molecule has 3 rings (SSSR count). The molecule has 134 valence electrons. The summed E-state index contributed by atoms with van der Waals surface area (Å²) in [7, 11) is 0. The molecule has 5 heteroatoms. The van der Waals surface area contributed by atoms with Crippen LogP contribution in [-0.4, -0.2) is 23.4 Å². The van der Waals surface area contributed by atoms with Crippen LogP contribution < -0.4 is 10.1 Å². The van der Waals surface area contributed by atoms with Crippen molar-refractivity contribution in [1.29, 1.82) is 0 Å². The van der Waals surface area contributed by atoms with Crippen molar-refractivity contribution in [3.8, 4) is 5.75 Å². The number of rotatable bonds is 6. The number of nitrogens with zero attached hydrogens (tertiary/aromatic N) is 1. The first-order valence-electron chi connectivity index (χ1n) is 8.70. The van der Waals surface area contributed by atoms with Crippen LogP contribution in [0.2, 0.25) is 0 Å². The number of carbonyl (C=O) groups is 2. The largest absolute Gasteiger partial charge is 0.488 e. The van der Waals surface area contributed by atoms with Crippen molar-refractivity contribution in [2.24, 2.45) is 0 Å². The van der Waals surface area contributed by atoms with E-state index in [1.807, 2.05) is 62.4 Å². The molecule has 1 heterocycles. The fourth-order valence-electron chi connectivity index (χ4n) is 2.73. The second kappa shape index (κ2) is 7.87. The summed E-state index contributed by atoms with van der Waals surface area (Å²) in [5, 5.41) is 2.64. The van der Waals surface area contributed by atoms with Crippen LogP contribution in [0.25, 0.3) is 6.08 Å². The van der Waals surface area contributed by atoms with Crippen molar-refractivity contribution >= 4 is 18.0 Å². The number of carbonyl (C=O) groups excluding carboxylic acids is 2. The zero-order valence-electron chi connectivity index (χ0n) is 15.0. The summed E-state index contributed by atoms with van der Waals surface area (Å²) in [5.41, 5.74) is 3.29. The Morgan fingerprint density at radius 3 is 2.54 bits per heavy atom. The Hall–Kier alpha value is -3.08. The fourth-order valence-corrected chi connectivity index (χ4v) is 2.73.